The van der Waals surface area contributed by atoms with Crippen molar-refractivity contribution in [3.8, 4) is 0 Å². The molecule has 0 saturated carbocycles. The molecule has 0 aliphatic carbocycles. The molecule has 0 radical (unpaired) electrons. The van der Waals surface area contributed by atoms with E-state index in [0.29, 0.717) is 17.8 Å². The molecule has 0 bridgehead atoms. The Morgan fingerprint density at radius 3 is 2.44 bits per heavy atom. The standard InChI is InChI=1S/C22H29N5O4S/c1-15(2)26(3)32(30,31)19-9-6-16(7-10-19)22(29)25-18-8-11-20(24-13-18)27-12-4-5-17(14-27)21(23)28/h6-11,13,15,17H,4-5,12,14H2,1-3H3,(H2,23,28)(H,25,29). The first kappa shape index (κ1) is 23.7. The Kier molecular flexibility index (Phi) is 7.15. The summed E-state index contributed by atoms with van der Waals surface area (Å²) in [5.41, 5.74) is 6.28. The van der Waals surface area contributed by atoms with Gasteiger partial charge < -0.3 is 16.0 Å². The third-order valence-electron chi connectivity index (χ3n) is 5.67. The Bertz CT molecular complexity index is 1070. The van der Waals surface area contributed by atoms with E-state index in [2.05, 4.69) is 10.3 Å². The SMILES string of the molecule is CC(C)N(C)S(=O)(=O)c1ccc(C(=O)Nc2ccc(N3CCCC(C(N)=O)C3)nc2)cc1. The Labute approximate surface area is 188 Å². The number of amides is 2. The number of hydrogen-bond acceptors (Lipinski definition) is 6. The second-order valence-electron chi connectivity index (χ2n) is 8.19. The molecule has 9 nitrogen and oxygen atoms in total. The number of carbonyl (C=O) groups is 2. The fourth-order valence-electron chi connectivity index (χ4n) is 3.49. The van der Waals surface area contributed by atoms with Gasteiger partial charge in [0.2, 0.25) is 15.9 Å². The molecule has 1 aliphatic rings. The highest BCUT2D eigenvalue weighted by Gasteiger charge is 2.25. The van der Waals surface area contributed by atoms with Crippen LogP contribution in [0.25, 0.3) is 0 Å². The van der Waals surface area contributed by atoms with Crippen molar-refractivity contribution in [1.82, 2.24) is 9.29 Å². The van der Waals surface area contributed by atoms with Crippen LogP contribution in [0.3, 0.4) is 0 Å². The lowest BCUT2D eigenvalue weighted by Crippen LogP contribution is -2.41. The minimum Gasteiger partial charge on any atom is -0.369 e. The fraction of sp³-hybridized carbons (Fsp3) is 0.409. The van der Waals surface area contributed by atoms with E-state index in [4.69, 9.17) is 5.73 Å². The maximum Gasteiger partial charge on any atom is 0.255 e. The third-order valence-corrected chi connectivity index (χ3v) is 7.72. The molecule has 1 unspecified atom stereocenters. The lowest BCUT2D eigenvalue weighted by molar-refractivity contribution is -0.122. The van der Waals surface area contributed by atoms with Crippen LogP contribution in [0.1, 0.15) is 37.0 Å². The number of nitrogens with two attached hydrogens (primary N) is 1. The smallest absolute Gasteiger partial charge is 0.255 e. The van der Waals surface area contributed by atoms with Crippen LogP contribution in [0.2, 0.25) is 0 Å². The summed E-state index contributed by atoms with van der Waals surface area (Å²) in [6.45, 7) is 4.92. The number of rotatable bonds is 7. The molecular weight excluding hydrogens is 430 g/mol. The largest absolute Gasteiger partial charge is 0.369 e. The molecular formula is C22H29N5O4S. The molecule has 1 aliphatic heterocycles. The van der Waals surface area contributed by atoms with Crippen molar-refractivity contribution in [3.63, 3.8) is 0 Å². The molecule has 10 heteroatoms. The summed E-state index contributed by atoms with van der Waals surface area (Å²) in [6.07, 6.45) is 3.21. The second kappa shape index (κ2) is 9.66. The summed E-state index contributed by atoms with van der Waals surface area (Å²) in [7, 11) is -2.08. The van der Waals surface area contributed by atoms with Crippen LogP contribution in [0.5, 0.6) is 0 Å². The highest BCUT2D eigenvalue weighted by Crippen LogP contribution is 2.23. The van der Waals surface area contributed by atoms with Crippen molar-refractivity contribution in [2.45, 2.75) is 37.6 Å². The summed E-state index contributed by atoms with van der Waals surface area (Å²) in [5, 5.41) is 2.76. The highest BCUT2D eigenvalue weighted by molar-refractivity contribution is 7.89. The molecule has 1 aromatic heterocycles. The number of benzene rings is 1. The monoisotopic (exact) mass is 459 g/mol. The van der Waals surface area contributed by atoms with Crippen LogP contribution in [-0.2, 0) is 14.8 Å². The molecule has 1 aromatic carbocycles. The van der Waals surface area contributed by atoms with Crippen LogP contribution in [0.4, 0.5) is 11.5 Å². The zero-order valence-electron chi connectivity index (χ0n) is 18.5. The number of hydrogen-bond donors (Lipinski definition) is 2. The first-order valence-corrected chi connectivity index (χ1v) is 11.9. The third kappa shape index (κ3) is 5.25. The number of anilines is 2. The Morgan fingerprint density at radius 2 is 1.88 bits per heavy atom. The van der Waals surface area contributed by atoms with Gasteiger partial charge in [-0.1, -0.05) is 0 Å². The van der Waals surface area contributed by atoms with Crippen molar-refractivity contribution in [1.29, 1.82) is 0 Å². The summed E-state index contributed by atoms with van der Waals surface area (Å²) < 4.78 is 26.4. The molecule has 1 saturated heterocycles. The quantitative estimate of drug-likeness (QED) is 0.653. The minimum absolute atomic E-state index is 0.132. The van der Waals surface area contributed by atoms with Gasteiger partial charge in [-0.2, -0.15) is 4.31 Å². The Morgan fingerprint density at radius 1 is 1.19 bits per heavy atom. The number of piperidine rings is 1. The molecule has 172 valence electrons. The Hall–Kier alpha value is -2.98. The predicted molar refractivity (Wildman–Crippen MR) is 123 cm³/mol. The van der Waals surface area contributed by atoms with E-state index < -0.39 is 10.0 Å². The van der Waals surface area contributed by atoms with Crippen molar-refractivity contribution < 1.29 is 18.0 Å². The van der Waals surface area contributed by atoms with Gasteiger partial charge in [0.05, 0.1) is 22.7 Å². The summed E-state index contributed by atoms with van der Waals surface area (Å²) in [5.74, 6) is -0.129. The van der Waals surface area contributed by atoms with Gasteiger partial charge in [-0.25, -0.2) is 13.4 Å². The maximum atomic E-state index is 12.6. The molecule has 32 heavy (non-hydrogen) atoms. The summed E-state index contributed by atoms with van der Waals surface area (Å²) >= 11 is 0. The van der Waals surface area contributed by atoms with Gasteiger partial charge in [-0.05, 0) is 63.1 Å². The van der Waals surface area contributed by atoms with Crippen molar-refractivity contribution >= 4 is 33.3 Å². The number of sulfonamides is 1. The van der Waals surface area contributed by atoms with Gasteiger partial charge >= 0.3 is 0 Å². The summed E-state index contributed by atoms with van der Waals surface area (Å²) in [6, 6.07) is 9.17. The molecule has 1 atom stereocenters. The molecule has 2 amide bonds. The van der Waals surface area contributed by atoms with Crippen LogP contribution in [0.15, 0.2) is 47.5 Å². The Balaban J connectivity index is 1.65. The van der Waals surface area contributed by atoms with E-state index in [1.165, 1.54) is 35.6 Å². The lowest BCUT2D eigenvalue weighted by atomic mass is 9.97. The zero-order chi connectivity index (χ0) is 23.5. The normalized spacial score (nSPS) is 16.9. The zero-order valence-corrected chi connectivity index (χ0v) is 19.3. The molecule has 2 heterocycles. The average molecular weight is 460 g/mol. The molecule has 3 N–H and O–H groups in total. The van der Waals surface area contributed by atoms with Gasteiger partial charge in [0, 0.05) is 31.7 Å². The van der Waals surface area contributed by atoms with E-state index in [1.807, 2.05) is 4.90 Å². The molecule has 0 spiro atoms. The van der Waals surface area contributed by atoms with Crippen LogP contribution >= 0.6 is 0 Å². The molecule has 3 rings (SSSR count). The van der Waals surface area contributed by atoms with Crippen LogP contribution in [-0.4, -0.2) is 55.7 Å². The lowest BCUT2D eigenvalue weighted by Gasteiger charge is -2.32. The first-order chi connectivity index (χ1) is 15.1. The maximum absolute atomic E-state index is 12.6. The number of pyridine rings is 1. The van der Waals surface area contributed by atoms with Crippen molar-refractivity contribution in [2.75, 3.05) is 30.4 Å². The topological polar surface area (TPSA) is 126 Å². The fourth-order valence-corrected chi connectivity index (χ4v) is 4.86. The second-order valence-corrected chi connectivity index (χ2v) is 10.2. The molecule has 2 aromatic rings. The van der Waals surface area contributed by atoms with E-state index >= 15 is 0 Å². The number of aromatic nitrogens is 1. The average Bonchev–Trinajstić information content (AvgIpc) is 2.79. The van der Waals surface area contributed by atoms with Gasteiger partial charge in [-0.15, -0.1) is 0 Å². The van der Waals surface area contributed by atoms with Gasteiger partial charge in [-0.3, -0.25) is 9.59 Å². The van der Waals surface area contributed by atoms with Gasteiger partial charge in [0.25, 0.3) is 5.91 Å². The van der Waals surface area contributed by atoms with Gasteiger partial charge in [0.15, 0.2) is 0 Å². The number of nitrogens with one attached hydrogen (secondary N) is 1. The number of carbonyl (C=O) groups excluding carboxylic acids is 2. The van der Waals surface area contributed by atoms with Crippen molar-refractivity contribution in [2.24, 2.45) is 11.7 Å². The van der Waals surface area contributed by atoms with E-state index in [0.717, 1.165) is 25.2 Å². The van der Waals surface area contributed by atoms with E-state index in [-0.39, 0.29) is 28.7 Å². The molecule has 1 fully saturated rings. The van der Waals surface area contributed by atoms with E-state index in [1.54, 1.807) is 32.2 Å². The highest BCUT2D eigenvalue weighted by atomic mass is 32.2. The van der Waals surface area contributed by atoms with Crippen LogP contribution < -0.4 is 16.0 Å². The van der Waals surface area contributed by atoms with Gasteiger partial charge in [0.1, 0.15) is 5.82 Å². The summed E-state index contributed by atoms with van der Waals surface area (Å²) in [4.78, 5) is 30.6. The van der Waals surface area contributed by atoms with Crippen LogP contribution in [0, 0.1) is 5.92 Å². The number of primary amides is 1. The predicted octanol–water partition coefficient (Wildman–Crippen LogP) is 2.06. The van der Waals surface area contributed by atoms with Crippen molar-refractivity contribution in [3.05, 3.63) is 48.2 Å². The first-order valence-electron chi connectivity index (χ1n) is 10.5. The number of nitrogens with zero attached hydrogens (tertiary/aromatic N) is 3. The minimum atomic E-state index is -3.61. The van der Waals surface area contributed by atoms with E-state index in [9.17, 15) is 18.0 Å².